The van der Waals surface area contributed by atoms with E-state index in [0.717, 1.165) is 16.6 Å². The highest BCUT2D eigenvalue weighted by molar-refractivity contribution is 7.16. The summed E-state index contributed by atoms with van der Waals surface area (Å²) >= 11 is 1.50. The van der Waals surface area contributed by atoms with Crippen LogP contribution in [0.15, 0.2) is 41.9 Å². The maximum absolute atomic E-state index is 14.5. The highest BCUT2D eigenvalue weighted by Crippen LogP contribution is 2.23. The van der Waals surface area contributed by atoms with E-state index in [-0.39, 0.29) is 30.2 Å². The number of benzene rings is 2. The van der Waals surface area contributed by atoms with Crippen molar-refractivity contribution in [2.24, 2.45) is 0 Å². The van der Waals surface area contributed by atoms with Crippen LogP contribution < -0.4 is 10.1 Å². The molecule has 1 N–H and O–H groups in total. The number of thiazole rings is 1. The van der Waals surface area contributed by atoms with E-state index < -0.39 is 5.82 Å². The molecule has 0 unspecified atom stereocenters. The van der Waals surface area contributed by atoms with E-state index in [0.29, 0.717) is 5.69 Å². The third-order valence-electron chi connectivity index (χ3n) is 3.61. The summed E-state index contributed by atoms with van der Waals surface area (Å²) in [6, 6.07) is 10.2. The molecule has 1 aromatic heterocycles. The Morgan fingerprint density at radius 3 is 3.04 bits per heavy atom. The summed E-state index contributed by atoms with van der Waals surface area (Å²) in [5.41, 5.74) is 3.58. The lowest BCUT2D eigenvalue weighted by Crippen LogP contribution is -2.15. The van der Waals surface area contributed by atoms with Gasteiger partial charge in [-0.25, -0.2) is 9.37 Å². The van der Waals surface area contributed by atoms with E-state index in [9.17, 15) is 9.18 Å². The molecule has 0 aliphatic heterocycles. The lowest BCUT2D eigenvalue weighted by atomic mass is 10.1. The first kappa shape index (κ1) is 17.9. The molecule has 1 heterocycles. The number of carbonyl (C=O) groups excluding carboxylic acids is 1. The standard InChI is InChI=1S/C20H17FN2O2S/c1-2-3-4-10-25-17-7-5-6-14(20(17)21)11-19(24)23-15-8-9-16-18(12-15)26-13-22-16/h5-9,12-13H,2,10-11H2,1H3,(H,23,24). The smallest absolute Gasteiger partial charge is 0.228 e. The predicted octanol–water partition coefficient (Wildman–Crippen LogP) is 4.41. The number of hydrogen-bond acceptors (Lipinski definition) is 4. The second kappa shape index (κ2) is 8.45. The van der Waals surface area contributed by atoms with Crippen molar-refractivity contribution in [1.29, 1.82) is 0 Å². The van der Waals surface area contributed by atoms with Crippen LogP contribution in [0.4, 0.5) is 10.1 Å². The van der Waals surface area contributed by atoms with Crippen LogP contribution in [-0.2, 0) is 11.2 Å². The van der Waals surface area contributed by atoms with Crippen LogP contribution in [0.3, 0.4) is 0 Å². The molecule has 0 bridgehead atoms. The molecular weight excluding hydrogens is 351 g/mol. The van der Waals surface area contributed by atoms with Gasteiger partial charge in [0.25, 0.3) is 0 Å². The highest BCUT2D eigenvalue weighted by atomic mass is 32.1. The average molecular weight is 368 g/mol. The normalized spacial score (nSPS) is 10.2. The molecular formula is C20H17FN2O2S. The number of hydrogen-bond donors (Lipinski definition) is 1. The van der Waals surface area contributed by atoms with Crippen molar-refractivity contribution >= 4 is 33.1 Å². The third kappa shape index (κ3) is 4.38. The average Bonchev–Trinajstić information content (AvgIpc) is 3.09. The van der Waals surface area contributed by atoms with Gasteiger partial charge in [0.1, 0.15) is 6.61 Å². The van der Waals surface area contributed by atoms with Crippen molar-refractivity contribution in [2.45, 2.75) is 19.8 Å². The number of carbonyl (C=O) groups is 1. The number of halogens is 1. The van der Waals surface area contributed by atoms with Gasteiger partial charge in [0.2, 0.25) is 5.91 Å². The topological polar surface area (TPSA) is 51.2 Å². The van der Waals surface area contributed by atoms with Crippen molar-refractivity contribution in [2.75, 3.05) is 11.9 Å². The van der Waals surface area contributed by atoms with E-state index >= 15 is 0 Å². The molecule has 0 spiro atoms. The molecule has 0 fully saturated rings. The van der Waals surface area contributed by atoms with Gasteiger partial charge in [-0.3, -0.25) is 4.79 Å². The van der Waals surface area contributed by atoms with Gasteiger partial charge in [-0.15, -0.1) is 17.3 Å². The monoisotopic (exact) mass is 368 g/mol. The van der Waals surface area contributed by atoms with Gasteiger partial charge in [0.05, 0.1) is 22.1 Å². The Kier molecular flexibility index (Phi) is 5.82. The fourth-order valence-corrected chi connectivity index (χ4v) is 3.12. The minimum atomic E-state index is -0.529. The minimum Gasteiger partial charge on any atom is -0.478 e. The summed E-state index contributed by atoms with van der Waals surface area (Å²) in [5.74, 6) is 4.93. The van der Waals surface area contributed by atoms with Crippen LogP contribution in [0.1, 0.15) is 18.9 Å². The van der Waals surface area contributed by atoms with E-state index in [2.05, 4.69) is 22.1 Å². The van der Waals surface area contributed by atoms with Crippen molar-refractivity contribution in [3.8, 4) is 17.6 Å². The summed E-state index contributed by atoms with van der Waals surface area (Å²) < 4.78 is 20.8. The number of fused-ring (bicyclic) bond motifs is 1. The van der Waals surface area contributed by atoms with E-state index in [1.165, 1.54) is 17.4 Å². The molecule has 0 aliphatic carbocycles. The van der Waals surface area contributed by atoms with Crippen LogP contribution in [0, 0.1) is 17.7 Å². The van der Waals surface area contributed by atoms with Crippen LogP contribution in [0.25, 0.3) is 10.2 Å². The molecule has 6 heteroatoms. The molecule has 0 atom stereocenters. The lowest BCUT2D eigenvalue weighted by Gasteiger charge is -2.09. The summed E-state index contributed by atoms with van der Waals surface area (Å²) in [4.78, 5) is 16.5. The van der Waals surface area contributed by atoms with Gasteiger partial charge in [-0.05, 0) is 24.3 Å². The number of aromatic nitrogens is 1. The number of anilines is 1. The van der Waals surface area contributed by atoms with Crippen molar-refractivity contribution < 1.29 is 13.9 Å². The summed E-state index contributed by atoms with van der Waals surface area (Å²) in [5, 5.41) is 2.79. The zero-order chi connectivity index (χ0) is 18.4. The third-order valence-corrected chi connectivity index (χ3v) is 4.40. The molecule has 2 aromatic carbocycles. The van der Waals surface area contributed by atoms with Crippen LogP contribution >= 0.6 is 11.3 Å². The molecule has 1 amide bonds. The molecule has 3 aromatic rings. The second-order valence-corrected chi connectivity index (χ2v) is 6.37. The Hall–Kier alpha value is -2.91. The molecule has 26 heavy (non-hydrogen) atoms. The number of amides is 1. The largest absolute Gasteiger partial charge is 0.478 e. The van der Waals surface area contributed by atoms with Gasteiger partial charge in [-0.1, -0.05) is 25.0 Å². The van der Waals surface area contributed by atoms with Crippen LogP contribution in [0.2, 0.25) is 0 Å². The van der Waals surface area contributed by atoms with Crippen LogP contribution in [0.5, 0.6) is 5.75 Å². The van der Waals surface area contributed by atoms with Crippen molar-refractivity contribution in [1.82, 2.24) is 4.98 Å². The Balaban J connectivity index is 1.66. The SMILES string of the molecule is CCC#CCOc1cccc(CC(=O)Nc2ccc3ncsc3c2)c1F. The highest BCUT2D eigenvalue weighted by Gasteiger charge is 2.13. The minimum absolute atomic E-state index is 0.0790. The molecule has 0 saturated carbocycles. The zero-order valence-electron chi connectivity index (χ0n) is 14.2. The molecule has 3 rings (SSSR count). The first-order valence-corrected chi connectivity index (χ1v) is 9.04. The second-order valence-electron chi connectivity index (χ2n) is 5.48. The molecule has 132 valence electrons. The summed E-state index contributed by atoms with van der Waals surface area (Å²) in [6.07, 6.45) is 0.643. The van der Waals surface area contributed by atoms with E-state index in [1.54, 1.807) is 23.7 Å². The number of nitrogens with one attached hydrogen (secondary N) is 1. The Morgan fingerprint density at radius 1 is 1.31 bits per heavy atom. The fourth-order valence-electron chi connectivity index (χ4n) is 2.41. The fraction of sp³-hybridized carbons (Fsp3) is 0.200. The quantitative estimate of drug-likeness (QED) is 0.679. The molecule has 0 radical (unpaired) electrons. The molecule has 4 nitrogen and oxygen atoms in total. The Bertz CT molecular complexity index is 988. The van der Waals surface area contributed by atoms with Gasteiger partial charge in [-0.2, -0.15) is 0 Å². The maximum Gasteiger partial charge on any atom is 0.228 e. The first-order valence-electron chi connectivity index (χ1n) is 8.16. The zero-order valence-corrected chi connectivity index (χ0v) is 15.0. The van der Waals surface area contributed by atoms with Gasteiger partial charge in [0.15, 0.2) is 11.6 Å². The maximum atomic E-state index is 14.5. The van der Waals surface area contributed by atoms with Crippen molar-refractivity contribution in [3.05, 3.63) is 53.3 Å². The van der Waals surface area contributed by atoms with Gasteiger partial charge >= 0.3 is 0 Å². The Labute approximate surface area is 155 Å². The summed E-state index contributed by atoms with van der Waals surface area (Å²) in [7, 11) is 0. The Morgan fingerprint density at radius 2 is 2.19 bits per heavy atom. The number of ether oxygens (including phenoxy) is 1. The lowest BCUT2D eigenvalue weighted by molar-refractivity contribution is -0.115. The first-order chi connectivity index (χ1) is 12.7. The summed E-state index contributed by atoms with van der Waals surface area (Å²) in [6.45, 7) is 2.05. The van der Waals surface area contributed by atoms with E-state index in [4.69, 9.17) is 4.74 Å². The number of nitrogens with zero attached hydrogens (tertiary/aromatic N) is 1. The predicted molar refractivity (Wildman–Crippen MR) is 102 cm³/mol. The van der Waals surface area contributed by atoms with Gasteiger partial charge in [0, 0.05) is 17.7 Å². The number of rotatable bonds is 5. The van der Waals surface area contributed by atoms with Gasteiger partial charge < -0.3 is 10.1 Å². The van der Waals surface area contributed by atoms with Crippen molar-refractivity contribution in [3.63, 3.8) is 0 Å². The van der Waals surface area contributed by atoms with E-state index in [1.807, 2.05) is 19.1 Å². The molecule has 0 aliphatic rings. The van der Waals surface area contributed by atoms with Crippen LogP contribution in [-0.4, -0.2) is 17.5 Å². The molecule has 0 saturated heterocycles.